The zero-order valence-electron chi connectivity index (χ0n) is 14.7. The summed E-state index contributed by atoms with van der Waals surface area (Å²) in [4.78, 5) is 4.34. The smallest absolute Gasteiger partial charge is 0.299 e. The summed E-state index contributed by atoms with van der Waals surface area (Å²) in [5.41, 5.74) is 1.30. The van der Waals surface area contributed by atoms with E-state index in [9.17, 15) is 8.42 Å². The lowest BCUT2D eigenvalue weighted by atomic mass is 10.2. The summed E-state index contributed by atoms with van der Waals surface area (Å²) in [6.45, 7) is 0. The zero-order chi connectivity index (χ0) is 19.0. The number of rotatable bonds is 6. The van der Waals surface area contributed by atoms with Gasteiger partial charge < -0.3 is 9.47 Å². The van der Waals surface area contributed by atoms with Crippen LogP contribution in [0.25, 0.3) is 10.9 Å². The fraction of sp³-hybridized carbons (Fsp3) is 0.211. The first kappa shape index (κ1) is 17.6. The van der Waals surface area contributed by atoms with E-state index in [2.05, 4.69) is 4.98 Å². The van der Waals surface area contributed by atoms with E-state index in [1.807, 2.05) is 18.2 Å². The lowest BCUT2D eigenvalue weighted by Gasteiger charge is -2.21. The number of anilines is 1. The Morgan fingerprint density at radius 2 is 1.78 bits per heavy atom. The predicted octanol–water partition coefficient (Wildman–Crippen LogP) is 3.21. The van der Waals surface area contributed by atoms with Crippen molar-refractivity contribution in [3.63, 3.8) is 0 Å². The third kappa shape index (κ3) is 3.67. The molecule has 3 aromatic rings. The average molecular weight is 385 g/mol. The number of nitrogens with two attached hydrogens (primary N) is 1. The van der Waals surface area contributed by atoms with Gasteiger partial charge in [-0.25, -0.2) is 5.14 Å². The van der Waals surface area contributed by atoms with Crippen LogP contribution in [0, 0.1) is 0 Å². The molecular formula is C19H19N3O4S. The standard InChI is InChI=1S/C19H19N3O4S/c1-25-16-8-9-17-18(12-16)21-11-10-19(17)26-15-6-4-14(5-7-15)22(13-2-3-13)27(20,23)24/h4-13H,2-3H2,1H3,(H2,20,23,24). The van der Waals surface area contributed by atoms with Gasteiger partial charge in [-0.3, -0.25) is 9.29 Å². The summed E-state index contributed by atoms with van der Waals surface area (Å²) in [6.07, 6.45) is 3.31. The summed E-state index contributed by atoms with van der Waals surface area (Å²) in [7, 11) is -2.18. The van der Waals surface area contributed by atoms with Crippen LogP contribution in [-0.4, -0.2) is 26.6 Å². The molecule has 1 aliphatic carbocycles. The minimum Gasteiger partial charge on any atom is -0.497 e. The number of fused-ring (bicyclic) bond motifs is 1. The Kier molecular flexibility index (Phi) is 4.37. The van der Waals surface area contributed by atoms with E-state index in [-0.39, 0.29) is 6.04 Å². The Morgan fingerprint density at radius 3 is 2.41 bits per heavy atom. The molecule has 4 rings (SSSR count). The minimum atomic E-state index is -3.79. The van der Waals surface area contributed by atoms with Crippen LogP contribution in [-0.2, 0) is 10.2 Å². The molecule has 2 aromatic carbocycles. The van der Waals surface area contributed by atoms with E-state index in [0.717, 1.165) is 29.5 Å². The SMILES string of the molecule is COc1ccc2c(Oc3ccc(N(C4CC4)S(N)(=O)=O)cc3)ccnc2c1. The van der Waals surface area contributed by atoms with Crippen LogP contribution in [0.1, 0.15) is 12.8 Å². The molecule has 0 amide bonds. The first-order valence-electron chi connectivity index (χ1n) is 8.48. The number of ether oxygens (including phenoxy) is 2. The van der Waals surface area contributed by atoms with Gasteiger partial charge in [0.05, 0.1) is 18.3 Å². The van der Waals surface area contributed by atoms with Crippen LogP contribution in [0.5, 0.6) is 17.2 Å². The van der Waals surface area contributed by atoms with Crippen LogP contribution in [0.2, 0.25) is 0 Å². The van der Waals surface area contributed by atoms with Crippen LogP contribution in [0.4, 0.5) is 5.69 Å². The van der Waals surface area contributed by atoms with Crippen molar-refractivity contribution in [2.45, 2.75) is 18.9 Å². The van der Waals surface area contributed by atoms with Gasteiger partial charge in [-0.2, -0.15) is 8.42 Å². The maximum Gasteiger partial charge on any atom is 0.299 e. The van der Waals surface area contributed by atoms with Crippen LogP contribution in [0.3, 0.4) is 0 Å². The van der Waals surface area contributed by atoms with Crippen LogP contribution in [0.15, 0.2) is 54.7 Å². The van der Waals surface area contributed by atoms with Crippen molar-refractivity contribution < 1.29 is 17.9 Å². The molecular weight excluding hydrogens is 366 g/mol. The molecule has 0 radical (unpaired) electrons. The van der Waals surface area contributed by atoms with Gasteiger partial charge in [-0.1, -0.05) is 0 Å². The van der Waals surface area contributed by atoms with Gasteiger partial charge in [-0.15, -0.1) is 0 Å². The lowest BCUT2D eigenvalue weighted by Crippen LogP contribution is -2.38. The Labute approximate surface area is 157 Å². The summed E-state index contributed by atoms with van der Waals surface area (Å²) < 4.78 is 36.2. The molecule has 0 atom stereocenters. The van der Waals surface area contributed by atoms with Crippen molar-refractivity contribution in [1.29, 1.82) is 0 Å². The number of pyridine rings is 1. The molecule has 8 heteroatoms. The van der Waals surface area contributed by atoms with Gasteiger partial charge in [0.15, 0.2) is 0 Å². The second kappa shape index (κ2) is 6.71. The lowest BCUT2D eigenvalue weighted by molar-refractivity contribution is 0.415. The third-order valence-corrected chi connectivity index (χ3v) is 5.44. The highest BCUT2D eigenvalue weighted by Gasteiger charge is 2.35. The summed E-state index contributed by atoms with van der Waals surface area (Å²) in [5, 5.41) is 6.20. The largest absolute Gasteiger partial charge is 0.497 e. The number of methoxy groups -OCH3 is 1. The molecule has 27 heavy (non-hydrogen) atoms. The average Bonchev–Trinajstić information content (AvgIpc) is 3.47. The fourth-order valence-electron chi connectivity index (χ4n) is 2.98. The molecule has 1 fully saturated rings. The Balaban J connectivity index is 1.61. The number of benzene rings is 2. The topological polar surface area (TPSA) is 94.7 Å². The molecule has 0 bridgehead atoms. The van der Waals surface area contributed by atoms with Crippen LogP contribution < -0.4 is 18.9 Å². The summed E-state index contributed by atoms with van der Waals surface area (Å²) in [5.74, 6) is 1.97. The van der Waals surface area contributed by atoms with Gasteiger partial charge in [0, 0.05) is 23.7 Å². The highest BCUT2D eigenvalue weighted by Crippen LogP contribution is 2.35. The van der Waals surface area contributed by atoms with Gasteiger partial charge >= 0.3 is 0 Å². The molecule has 7 nitrogen and oxygen atoms in total. The monoisotopic (exact) mass is 385 g/mol. The van der Waals surface area contributed by atoms with Crippen LogP contribution >= 0.6 is 0 Å². The molecule has 140 valence electrons. The van der Waals surface area contributed by atoms with Crippen molar-refractivity contribution in [2.24, 2.45) is 5.14 Å². The number of hydrogen-bond donors (Lipinski definition) is 1. The minimum absolute atomic E-state index is 0.0501. The van der Waals surface area contributed by atoms with Gasteiger partial charge in [0.25, 0.3) is 10.2 Å². The van der Waals surface area contributed by atoms with Crippen molar-refractivity contribution in [3.8, 4) is 17.2 Å². The van der Waals surface area contributed by atoms with E-state index in [4.69, 9.17) is 14.6 Å². The molecule has 1 aliphatic rings. The first-order chi connectivity index (χ1) is 13.0. The van der Waals surface area contributed by atoms with E-state index >= 15 is 0 Å². The molecule has 0 unspecified atom stereocenters. The molecule has 0 saturated heterocycles. The molecule has 1 heterocycles. The number of aromatic nitrogens is 1. The number of hydrogen-bond acceptors (Lipinski definition) is 5. The van der Waals surface area contributed by atoms with Gasteiger partial charge in [-0.05, 0) is 55.3 Å². The van der Waals surface area contributed by atoms with E-state index in [1.54, 1.807) is 43.6 Å². The zero-order valence-corrected chi connectivity index (χ0v) is 15.5. The van der Waals surface area contributed by atoms with E-state index in [1.165, 1.54) is 4.31 Å². The van der Waals surface area contributed by atoms with Gasteiger partial charge in [0.1, 0.15) is 17.2 Å². The van der Waals surface area contributed by atoms with E-state index in [0.29, 0.717) is 17.2 Å². The Hall–Kier alpha value is -2.84. The third-order valence-electron chi connectivity index (χ3n) is 4.38. The Morgan fingerprint density at radius 1 is 1.07 bits per heavy atom. The normalized spacial score (nSPS) is 14.1. The van der Waals surface area contributed by atoms with Crippen molar-refractivity contribution >= 4 is 26.8 Å². The first-order valence-corrected chi connectivity index (χ1v) is 9.99. The van der Waals surface area contributed by atoms with Crippen molar-refractivity contribution in [1.82, 2.24) is 4.98 Å². The second-order valence-corrected chi connectivity index (χ2v) is 7.78. The highest BCUT2D eigenvalue weighted by atomic mass is 32.2. The number of nitrogens with zero attached hydrogens (tertiary/aromatic N) is 2. The van der Waals surface area contributed by atoms with Crippen molar-refractivity contribution in [2.75, 3.05) is 11.4 Å². The van der Waals surface area contributed by atoms with Gasteiger partial charge in [0.2, 0.25) is 0 Å². The Bertz CT molecular complexity index is 1080. The van der Waals surface area contributed by atoms with E-state index < -0.39 is 10.2 Å². The van der Waals surface area contributed by atoms with Crippen molar-refractivity contribution in [3.05, 3.63) is 54.7 Å². The highest BCUT2D eigenvalue weighted by molar-refractivity contribution is 7.90. The summed E-state index contributed by atoms with van der Waals surface area (Å²) in [6, 6.07) is 14.2. The molecule has 2 N–H and O–H groups in total. The second-order valence-electron chi connectivity index (χ2n) is 6.36. The molecule has 1 saturated carbocycles. The molecule has 0 spiro atoms. The maximum atomic E-state index is 11.8. The summed E-state index contributed by atoms with van der Waals surface area (Å²) >= 11 is 0. The molecule has 1 aromatic heterocycles. The fourth-order valence-corrected chi connectivity index (χ4v) is 4.02. The predicted molar refractivity (Wildman–Crippen MR) is 103 cm³/mol. The quantitative estimate of drug-likeness (QED) is 0.703. The molecule has 0 aliphatic heterocycles. The maximum absolute atomic E-state index is 11.8.